The predicted molar refractivity (Wildman–Crippen MR) is 49.2 cm³/mol. The standard InChI is InChI=1S/C9H6F3NO4/c10-9(11,12)8(15)13-6-4-2-1-3-5(6)7(14)17-16/h1-4,16H,(H,13,15). The Labute approximate surface area is 92.7 Å². The quantitative estimate of drug-likeness (QED) is 0.619. The second-order valence-corrected chi connectivity index (χ2v) is 2.88. The number of anilines is 1. The molecule has 0 aliphatic rings. The second kappa shape index (κ2) is 4.83. The van der Waals surface area contributed by atoms with Crippen molar-refractivity contribution in [1.82, 2.24) is 0 Å². The van der Waals surface area contributed by atoms with Crippen LogP contribution in [0, 0.1) is 0 Å². The van der Waals surface area contributed by atoms with Gasteiger partial charge >= 0.3 is 18.1 Å². The highest BCUT2D eigenvalue weighted by atomic mass is 19.4. The molecule has 17 heavy (non-hydrogen) atoms. The minimum Gasteiger partial charge on any atom is -0.317 e. The average molecular weight is 249 g/mol. The van der Waals surface area contributed by atoms with Gasteiger partial charge in [-0.2, -0.15) is 18.4 Å². The van der Waals surface area contributed by atoms with Gasteiger partial charge in [0.2, 0.25) is 0 Å². The number of para-hydroxylation sites is 1. The molecule has 0 atom stereocenters. The zero-order valence-corrected chi connectivity index (χ0v) is 8.12. The van der Waals surface area contributed by atoms with Crippen LogP contribution in [0.3, 0.4) is 0 Å². The SMILES string of the molecule is O=C(OO)c1ccccc1NC(=O)C(F)(F)F. The molecular weight excluding hydrogens is 243 g/mol. The van der Waals surface area contributed by atoms with Crippen LogP contribution in [0.5, 0.6) is 0 Å². The first-order valence-electron chi connectivity index (χ1n) is 4.19. The van der Waals surface area contributed by atoms with E-state index in [0.29, 0.717) is 0 Å². The summed E-state index contributed by atoms with van der Waals surface area (Å²) in [5.41, 5.74) is -0.804. The molecule has 1 aromatic rings. The minimum atomic E-state index is -5.07. The molecule has 1 aromatic carbocycles. The van der Waals surface area contributed by atoms with Gasteiger partial charge in [-0.1, -0.05) is 12.1 Å². The third-order valence-electron chi connectivity index (χ3n) is 1.74. The van der Waals surface area contributed by atoms with Gasteiger partial charge in [-0.3, -0.25) is 9.68 Å². The lowest BCUT2D eigenvalue weighted by Gasteiger charge is -2.10. The maximum atomic E-state index is 12.0. The molecule has 0 aliphatic heterocycles. The van der Waals surface area contributed by atoms with Crippen molar-refractivity contribution in [3.8, 4) is 0 Å². The Balaban J connectivity index is 2.99. The molecule has 0 aliphatic carbocycles. The fourth-order valence-corrected chi connectivity index (χ4v) is 1.01. The van der Waals surface area contributed by atoms with Gasteiger partial charge < -0.3 is 5.32 Å². The summed E-state index contributed by atoms with van der Waals surface area (Å²) in [5, 5.41) is 9.61. The number of hydrogen-bond donors (Lipinski definition) is 2. The van der Waals surface area contributed by atoms with Crippen LogP contribution >= 0.6 is 0 Å². The molecule has 0 aromatic heterocycles. The van der Waals surface area contributed by atoms with Crippen LogP contribution < -0.4 is 5.32 Å². The monoisotopic (exact) mass is 249 g/mol. The molecule has 0 heterocycles. The third kappa shape index (κ3) is 3.18. The number of carbonyl (C=O) groups excluding carboxylic acids is 2. The molecule has 5 nitrogen and oxygen atoms in total. The lowest BCUT2D eigenvalue weighted by Crippen LogP contribution is -2.30. The molecule has 0 saturated carbocycles. The molecule has 92 valence electrons. The Morgan fingerprint density at radius 2 is 1.82 bits per heavy atom. The maximum Gasteiger partial charge on any atom is 0.471 e. The largest absolute Gasteiger partial charge is 0.471 e. The van der Waals surface area contributed by atoms with Crippen LogP contribution in [0.2, 0.25) is 0 Å². The fourth-order valence-electron chi connectivity index (χ4n) is 1.01. The van der Waals surface area contributed by atoms with Crippen LogP contribution in [0.15, 0.2) is 24.3 Å². The van der Waals surface area contributed by atoms with E-state index < -0.39 is 29.3 Å². The number of benzene rings is 1. The van der Waals surface area contributed by atoms with E-state index in [0.717, 1.165) is 12.1 Å². The van der Waals surface area contributed by atoms with E-state index in [1.54, 1.807) is 0 Å². The molecule has 0 spiro atoms. The van der Waals surface area contributed by atoms with Gasteiger partial charge in [0.05, 0.1) is 11.3 Å². The number of nitrogens with one attached hydrogen (secondary N) is 1. The highest BCUT2D eigenvalue weighted by Crippen LogP contribution is 2.21. The number of carbonyl (C=O) groups is 2. The fraction of sp³-hybridized carbons (Fsp3) is 0.111. The molecular formula is C9H6F3NO4. The summed E-state index contributed by atoms with van der Waals surface area (Å²) in [5.74, 6) is -3.50. The first kappa shape index (κ1) is 13.0. The van der Waals surface area contributed by atoms with Crippen molar-refractivity contribution in [2.45, 2.75) is 6.18 Å². The van der Waals surface area contributed by atoms with E-state index in [4.69, 9.17) is 5.26 Å². The third-order valence-corrected chi connectivity index (χ3v) is 1.74. The summed E-state index contributed by atoms with van der Waals surface area (Å²) in [6, 6.07) is 4.79. The first-order valence-corrected chi connectivity index (χ1v) is 4.19. The summed E-state index contributed by atoms with van der Waals surface area (Å²) in [6.07, 6.45) is -5.07. The minimum absolute atomic E-state index is 0.396. The average Bonchev–Trinajstić information content (AvgIpc) is 2.27. The highest BCUT2D eigenvalue weighted by molar-refractivity contribution is 6.02. The summed E-state index contributed by atoms with van der Waals surface area (Å²) in [4.78, 5) is 25.0. The Kier molecular flexibility index (Phi) is 3.69. The van der Waals surface area contributed by atoms with Gasteiger partial charge in [-0.15, -0.1) is 0 Å². The number of hydrogen-bond acceptors (Lipinski definition) is 4. The Morgan fingerprint density at radius 3 is 2.35 bits per heavy atom. The summed E-state index contributed by atoms with van der Waals surface area (Å²) in [6.45, 7) is 0. The van der Waals surface area contributed by atoms with E-state index in [2.05, 4.69) is 4.89 Å². The Hall–Kier alpha value is -2.09. The zero-order valence-electron chi connectivity index (χ0n) is 8.12. The van der Waals surface area contributed by atoms with Gasteiger partial charge in [0.1, 0.15) is 0 Å². The van der Waals surface area contributed by atoms with Crippen LogP contribution in [0.1, 0.15) is 10.4 Å². The molecule has 0 fully saturated rings. The molecule has 0 unspecified atom stereocenters. The van der Waals surface area contributed by atoms with Crippen molar-refractivity contribution in [3.05, 3.63) is 29.8 Å². The van der Waals surface area contributed by atoms with E-state index >= 15 is 0 Å². The number of halogens is 3. The first-order chi connectivity index (χ1) is 7.86. The molecule has 1 amide bonds. The van der Waals surface area contributed by atoms with Gasteiger partial charge in [0, 0.05) is 0 Å². The lowest BCUT2D eigenvalue weighted by atomic mass is 10.2. The smallest absolute Gasteiger partial charge is 0.317 e. The molecule has 8 heteroatoms. The molecule has 1 rings (SSSR count). The Bertz CT molecular complexity index is 444. The second-order valence-electron chi connectivity index (χ2n) is 2.88. The molecule has 0 radical (unpaired) electrons. The molecule has 0 saturated heterocycles. The van der Waals surface area contributed by atoms with Crippen molar-refractivity contribution >= 4 is 17.6 Å². The lowest BCUT2D eigenvalue weighted by molar-refractivity contribution is -0.182. The number of rotatable bonds is 2. The van der Waals surface area contributed by atoms with Crippen molar-refractivity contribution in [3.63, 3.8) is 0 Å². The predicted octanol–water partition coefficient (Wildman–Crippen LogP) is 1.82. The number of amides is 1. The zero-order chi connectivity index (χ0) is 13.1. The van der Waals surface area contributed by atoms with Crippen LogP contribution in [-0.2, 0) is 9.68 Å². The van der Waals surface area contributed by atoms with E-state index in [1.165, 1.54) is 17.4 Å². The van der Waals surface area contributed by atoms with Crippen molar-refractivity contribution in [2.75, 3.05) is 5.32 Å². The highest BCUT2D eigenvalue weighted by Gasteiger charge is 2.39. The topological polar surface area (TPSA) is 75.6 Å². The van der Waals surface area contributed by atoms with Gasteiger partial charge in [0.25, 0.3) is 0 Å². The molecule has 0 bridgehead atoms. The van der Waals surface area contributed by atoms with Crippen molar-refractivity contribution in [2.24, 2.45) is 0 Å². The van der Waals surface area contributed by atoms with Crippen LogP contribution in [0.4, 0.5) is 18.9 Å². The van der Waals surface area contributed by atoms with E-state index in [9.17, 15) is 22.8 Å². The van der Waals surface area contributed by atoms with Crippen LogP contribution in [-0.4, -0.2) is 23.3 Å². The van der Waals surface area contributed by atoms with Gasteiger partial charge in [-0.25, -0.2) is 4.79 Å². The Morgan fingerprint density at radius 1 is 1.24 bits per heavy atom. The van der Waals surface area contributed by atoms with Crippen LogP contribution in [0.25, 0.3) is 0 Å². The maximum absolute atomic E-state index is 12.0. The van der Waals surface area contributed by atoms with Crippen molar-refractivity contribution in [1.29, 1.82) is 0 Å². The summed E-state index contributed by atoms with van der Waals surface area (Å²) in [7, 11) is 0. The summed E-state index contributed by atoms with van der Waals surface area (Å²) >= 11 is 0. The van der Waals surface area contributed by atoms with Gasteiger partial charge in [0.15, 0.2) is 0 Å². The van der Waals surface area contributed by atoms with E-state index in [1.807, 2.05) is 0 Å². The molecule has 2 N–H and O–H groups in total. The van der Waals surface area contributed by atoms with Crippen molar-refractivity contribution < 1.29 is 32.9 Å². The van der Waals surface area contributed by atoms with Gasteiger partial charge in [-0.05, 0) is 12.1 Å². The summed E-state index contributed by atoms with van der Waals surface area (Å²) < 4.78 is 35.9. The normalized spacial score (nSPS) is 10.8. The number of alkyl halides is 3. The van der Waals surface area contributed by atoms with E-state index in [-0.39, 0.29) is 0 Å².